The van der Waals surface area contributed by atoms with Crippen LogP contribution in [0.4, 0.5) is 0 Å². The molecular formula is C12H19N3O2S. The zero-order valence-electron chi connectivity index (χ0n) is 10.5. The third-order valence-electron chi connectivity index (χ3n) is 3.00. The molecule has 0 spiro atoms. The quantitative estimate of drug-likeness (QED) is 0.759. The van der Waals surface area contributed by atoms with E-state index in [9.17, 15) is 8.42 Å². The highest BCUT2D eigenvalue weighted by Crippen LogP contribution is 2.18. The van der Waals surface area contributed by atoms with Crippen molar-refractivity contribution in [2.45, 2.75) is 32.4 Å². The molecule has 0 bridgehead atoms. The Labute approximate surface area is 108 Å². The molecule has 18 heavy (non-hydrogen) atoms. The van der Waals surface area contributed by atoms with Crippen molar-refractivity contribution < 1.29 is 8.42 Å². The average molecular weight is 269 g/mol. The first-order valence-electron chi connectivity index (χ1n) is 6.17. The number of hydrogen-bond donors (Lipinski definition) is 2. The average Bonchev–Trinajstić information content (AvgIpc) is 3.12. The van der Waals surface area contributed by atoms with Gasteiger partial charge in [0.25, 0.3) is 0 Å². The minimum atomic E-state index is -3.20. The standard InChI is InChI=1S/C12H19N3O2S/c1-10-8-13-5-4-11(10)9-15-18(16,17)7-6-14-12-2-3-12/h4-5,8,12,14-15H,2-3,6-7,9H2,1H3. The Bertz CT molecular complexity index is 498. The third-order valence-corrected chi connectivity index (χ3v) is 4.33. The summed E-state index contributed by atoms with van der Waals surface area (Å²) >= 11 is 0. The summed E-state index contributed by atoms with van der Waals surface area (Å²) in [6, 6.07) is 2.38. The van der Waals surface area contributed by atoms with Gasteiger partial charge in [0.1, 0.15) is 0 Å². The van der Waals surface area contributed by atoms with E-state index in [0.29, 0.717) is 19.1 Å². The lowest BCUT2D eigenvalue weighted by atomic mass is 10.2. The number of pyridine rings is 1. The molecule has 1 aromatic rings. The summed E-state index contributed by atoms with van der Waals surface area (Å²) in [4.78, 5) is 3.98. The van der Waals surface area contributed by atoms with Gasteiger partial charge in [0.15, 0.2) is 0 Å². The molecule has 0 aromatic carbocycles. The molecule has 5 nitrogen and oxygen atoms in total. The summed E-state index contributed by atoms with van der Waals surface area (Å²) in [7, 11) is -3.20. The van der Waals surface area contributed by atoms with Crippen LogP contribution in [0.25, 0.3) is 0 Å². The molecule has 0 radical (unpaired) electrons. The Hall–Kier alpha value is -0.980. The predicted molar refractivity (Wildman–Crippen MR) is 70.6 cm³/mol. The van der Waals surface area contributed by atoms with Crippen LogP contribution in [0.2, 0.25) is 0 Å². The highest BCUT2D eigenvalue weighted by Gasteiger charge is 2.21. The lowest BCUT2D eigenvalue weighted by Crippen LogP contribution is -2.32. The summed E-state index contributed by atoms with van der Waals surface area (Å²) in [6.07, 6.45) is 5.75. The third kappa shape index (κ3) is 4.36. The predicted octanol–water partition coefficient (Wildman–Crippen LogP) is 0.561. The molecule has 2 rings (SSSR count). The van der Waals surface area contributed by atoms with E-state index in [0.717, 1.165) is 11.1 Å². The van der Waals surface area contributed by atoms with Gasteiger partial charge in [0.2, 0.25) is 10.0 Å². The number of aryl methyl sites for hydroxylation is 1. The van der Waals surface area contributed by atoms with Gasteiger partial charge in [-0.15, -0.1) is 0 Å². The summed E-state index contributed by atoms with van der Waals surface area (Å²) in [5.41, 5.74) is 1.96. The summed E-state index contributed by atoms with van der Waals surface area (Å²) < 4.78 is 26.1. The van der Waals surface area contributed by atoms with Crippen molar-refractivity contribution in [1.82, 2.24) is 15.0 Å². The van der Waals surface area contributed by atoms with Crippen LogP contribution in [0.3, 0.4) is 0 Å². The van der Waals surface area contributed by atoms with Gasteiger partial charge in [-0.1, -0.05) is 0 Å². The summed E-state index contributed by atoms with van der Waals surface area (Å²) in [5, 5.41) is 3.19. The fourth-order valence-corrected chi connectivity index (χ4v) is 2.55. The van der Waals surface area contributed by atoms with Crippen LogP contribution < -0.4 is 10.0 Å². The lowest BCUT2D eigenvalue weighted by molar-refractivity contribution is 0.576. The number of hydrogen-bond acceptors (Lipinski definition) is 4. The number of rotatable bonds is 7. The molecule has 0 unspecified atom stereocenters. The van der Waals surface area contributed by atoms with Gasteiger partial charge >= 0.3 is 0 Å². The Morgan fingerprint density at radius 3 is 2.89 bits per heavy atom. The molecule has 1 fully saturated rings. The number of aromatic nitrogens is 1. The van der Waals surface area contributed by atoms with Gasteiger partial charge in [-0.05, 0) is 37.0 Å². The number of nitrogens with one attached hydrogen (secondary N) is 2. The molecule has 6 heteroatoms. The second kappa shape index (κ2) is 5.77. The molecule has 1 aromatic heterocycles. The molecular weight excluding hydrogens is 250 g/mol. The van der Waals surface area contributed by atoms with Gasteiger partial charge in [0.05, 0.1) is 5.75 Å². The van der Waals surface area contributed by atoms with Gasteiger partial charge in [-0.3, -0.25) is 4.98 Å². The van der Waals surface area contributed by atoms with Crippen molar-refractivity contribution in [3.63, 3.8) is 0 Å². The van der Waals surface area contributed by atoms with Crippen molar-refractivity contribution >= 4 is 10.0 Å². The van der Waals surface area contributed by atoms with Crippen LogP contribution in [-0.4, -0.2) is 31.7 Å². The largest absolute Gasteiger partial charge is 0.313 e. The highest BCUT2D eigenvalue weighted by molar-refractivity contribution is 7.89. The Balaban J connectivity index is 1.78. The maximum Gasteiger partial charge on any atom is 0.213 e. The van der Waals surface area contributed by atoms with Crippen LogP contribution in [-0.2, 0) is 16.6 Å². The summed E-state index contributed by atoms with van der Waals surface area (Å²) in [5.74, 6) is 0.133. The normalized spacial score (nSPS) is 15.8. The second-order valence-electron chi connectivity index (χ2n) is 4.67. The first-order valence-corrected chi connectivity index (χ1v) is 7.82. The molecule has 0 atom stereocenters. The van der Waals surface area contributed by atoms with Crippen LogP contribution in [0, 0.1) is 6.92 Å². The fraction of sp³-hybridized carbons (Fsp3) is 0.583. The molecule has 0 aliphatic heterocycles. The van der Waals surface area contributed by atoms with E-state index in [4.69, 9.17) is 0 Å². The molecule has 1 heterocycles. The van der Waals surface area contributed by atoms with E-state index in [-0.39, 0.29) is 5.75 Å². The lowest BCUT2D eigenvalue weighted by Gasteiger charge is -2.08. The Morgan fingerprint density at radius 1 is 1.44 bits per heavy atom. The van der Waals surface area contributed by atoms with Crippen molar-refractivity contribution in [3.8, 4) is 0 Å². The first-order chi connectivity index (χ1) is 8.57. The van der Waals surface area contributed by atoms with Crippen molar-refractivity contribution in [1.29, 1.82) is 0 Å². The molecule has 100 valence electrons. The molecule has 1 aliphatic rings. The Morgan fingerprint density at radius 2 is 2.22 bits per heavy atom. The van der Waals surface area contributed by atoms with Crippen LogP contribution in [0.1, 0.15) is 24.0 Å². The monoisotopic (exact) mass is 269 g/mol. The SMILES string of the molecule is Cc1cnccc1CNS(=O)(=O)CCNC1CC1. The van der Waals surface area contributed by atoms with Crippen LogP contribution in [0.15, 0.2) is 18.5 Å². The maximum atomic E-state index is 11.8. The molecule has 0 amide bonds. The molecule has 0 saturated heterocycles. The van der Waals surface area contributed by atoms with Crippen molar-refractivity contribution in [3.05, 3.63) is 29.6 Å². The smallest absolute Gasteiger partial charge is 0.213 e. The minimum absolute atomic E-state index is 0.133. The molecule has 2 N–H and O–H groups in total. The van der Waals surface area contributed by atoms with E-state index in [2.05, 4.69) is 15.0 Å². The van der Waals surface area contributed by atoms with Crippen molar-refractivity contribution in [2.24, 2.45) is 0 Å². The number of nitrogens with zero attached hydrogens (tertiary/aromatic N) is 1. The first kappa shape index (κ1) is 13.5. The summed E-state index contributed by atoms with van der Waals surface area (Å²) in [6.45, 7) is 2.78. The maximum absolute atomic E-state index is 11.8. The number of sulfonamides is 1. The van der Waals surface area contributed by atoms with Gasteiger partial charge in [0, 0.05) is 31.5 Å². The van der Waals surface area contributed by atoms with Gasteiger partial charge in [-0.25, -0.2) is 13.1 Å². The highest BCUT2D eigenvalue weighted by atomic mass is 32.2. The van der Waals surface area contributed by atoms with Gasteiger partial charge in [-0.2, -0.15) is 0 Å². The molecule has 1 aliphatic carbocycles. The van der Waals surface area contributed by atoms with Crippen molar-refractivity contribution in [2.75, 3.05) is 12.3 Å². The van der Waals surface area contributed by atoms with Crippen LogP contribution in [0.5, 0.6) is 0 Å². The van der Waals surface area contributed by atoms with E-state index in [1.165, 1.54) is 12.8 Å². The van der Waals surface area contributed by atoms with E-state index < -0.39 is 10.0 Å². The van der Waals surface area contributed by atoms with E-state index >= 15 is 0 Å². The van der Waals surface area contributed by atoms with Gasteiger partial charge < -0.3 is 5.32 Å². The minimum Gasteiger partial charge on any atom is -0.313 e. The van der Waals surface area contributed by atoms with E-state index in [1.54, 1.807) is 12.4 Å². The van der Waals surface area contributed by atoms with E-state index in [1.807, 2.05) is 13.0 Å². The van der Waals surface area contributed by atoms with Crippen LogP contribution >= 0.6 is 0 Å². The zero-order chi connectivity index (χ0) is 13.0. The second-order valence-corrected chi connectivity index (χ2v) is 6.60. The molecule has 1 saturated carbocycles. The zero-order valence-corrected chi connectivity index (χ0v) is 11.3. The topological polar surface area (TPSA) is 71.1 Å². The Kier molecular flexibility index (Phi) is 4.31. The fourth-order valence-electron chi connectivity index (χ4n) is 1.65.